The largest absolute Gasteiger partial charge is 0.322 e. The Labute approximate surface area is 366 Å². The van der Waals surface area contributed by atoms with Gasteiger partial charge in [-0.15, -0.1) is 0 Å². The molecule has 0 saturated carbocycles. The van der Waals surface area contributed by atoms with Crippen molar-refractivity contribution in [3.63, 3.8) is 0 Å². The maximum Gasteiger partial charge on any atom is 0.118 e. The molecule has 0 atom stereocenters. The molecule has 9 rings (SSSR count). The summed E-state index contributed by atoms with van der Waals surface area (Å²) in [4.78, 5) is 13.7. The van der Waals surface area contributed by atoms with Gasteiger partial charge in [-0.25, -0.2) is 0 Å². The van der Waals surface area contributed by atoms with Crippen molar-refractivity contribution in [2.24, 2.45) is 0 Å². The van der Waals surface area contributed by atoms with E-state index >= 15 is 0 Å². The number of nitrogens with zero attached hydrogens (tertiary/aromatic N) is 6. The number of rotatable bonds is 10. The minimum absolute atomic E-state index is 0.248. The standard InChI is InChI=1S/C56H52N6/c1-55(2,3)61-51(33-35-53(61)59(49-19-13-37-57-39-49)47-29-25-43(26-30-47)41-15-9-7-10-16-41)45-21-23-46(24-22-45)52-34-36-54(62(52)56(4,5)6)60(50-20-14-38-58-40-50)48-31-27-44(28-32-48)42-17-11-8-12-18-42/h7-40H,1-6H3. The summed E-state index contributed by atoms with van der Waals surface area (Å²) < 4.78 is 4.90. The number of benzene rings is 5. The van der Waals surface area contributed by atoms with Gasteiger partial charge in [-0.2, -0.15) is 0 Å². The first-order valence-electron chi connectivity index (χ1n) is 21.3. The molecule has 0 spiro atoms. The predicted molar refractivity (Wildman–Crippen MR) is 259 cm³/mol. The normalized spacial score (nSPS) is 11.7. The van der Waals surface area contributed by atoms with Crippen LogP contribution in [0.4, 0.5) is 34.4 Å². The van der Waals surface area contributed by atoms with Gasteiger partial charge in [0.15, 0.2) is 0 Å². The highest BCUT2D eigenvalue weighted by Gasteiger charge is 2.28. The first kappa shape index (κ1) is 40.0. The van der Waals surface area contributed by atoms with Crippen molar-refractivity contribution in [1.29, 1.82) is 0 Å². The van der Waals surface area contributed by atoms with Gasteiger partial charge >= 0.3 is 0 Å². The van der Waals surface area contributed by atoms with E-state index in [1.165, 1.54) is 22.3 Å². The second-order valence-corrected chi connectivity index (χ2v) is 17.7. The van der Waals surface area contributed by atoms with Gasteiger partial charge in [-0.1, -0.05) is 109 Å². The Bertz CT molecular complexity index is 2660. The molecule has 0 unspecified atom stereocenters. The molecule has 0 amide bonds. The minimum Gasteiger partial charge on any atom is -0.322 e. The summed E-state index contributed by atoms with van der Waals surface area (Å²) in [6.07, 6.45) is 7.53. The summed E-state index contributed by atoms with van der Waals surface area (Å²) >= 11 is 0. The Morgan fingerprint density at radius 3 is 0.984 bits per heavy atom. The lowest BCUT2D eigenvalue weighted by Gasteiger charge is -2.34. The summed E-state index contributed by atoms with van der Waals surface area (Å²) in [5.41, 5.74) is 12.9. The quantitative estimate of drug-likeness (QED) is 0.138. The molecule has 5 aromatic carbocycles. The van der Waals surface area contributed by atoms with Crippen molar-refractivity contribution in [2.75, 3.05) is 9.80 Å². The molecule has 0 aliphatic rings. The van der Waals surface area contributed by atoms with Gasteiger partial charge in [-0.3, -0.25) is 19.8 Å². The van der Waals surface area contributed by atoms with Crippen LogP contribution in [0.2, 0.25) is 0 Å². The molecule has 0 bridgehead atoms. The van der Waals surface area contributed by atoms with Crippen LogP contribution in [0, 0.1) is 0 Å². The van der Waals surface area contributed by atoms with Gasteiger partial charge in [0, 0.05) is 34.8 Å². The zero-order valence-electron chi connectivity index (χ0n) is 36.3. The lowest BCUT2D eigenvalue weighted by molar-refractivity contribution is 0.405. The van der Waals surface area contributed by atoms with E-state index in [1.54, 1.807) is 0 Å². The summed E-state index contributed by atoms with van der Waals surface area (Å²) in [6.45, 7) is 13.6. The maximum absolute atomic E-state index is 4.54. The van der Waals surface area contributed by atoms with Crippen LogP contribution in [-0.2, 0) is 11.1 Å². The third kappa shape index (κ3) is 7.95. The van der Waals surface area contributed by atoms with E-state index in [2.05, 4.69) is 240 Å². The molecule has 6 heteroatoms. The van der Waals surface area contributed by atoms with E-state index < -0.39 is 0 Å². The topological polar surface area (TPSA) is 42.1 Å². The summed E-state index contributed by atoms with van der Waals surface area (Å²) in [6, 6.07) is 65.0. The lowest BCUT2D eigenvalue weighted by Crippen LogP contribution is -2.27. The maximum atomic E-state index is 4.54. The lowest BCUT2D eigenvalue weighted by atomic mass is 10.0. The smallest absolute Gasteiger partial charge is 0.118 e. The Morgan fingerprint density at radius 2 is 0.661 bits per heavy atom. The fourth-order valence-electron chi connectivity index (χ4n) is 8.54. The van der Waals surface area contributed by atoms with Crippen LogP contribution in [-0.4, -0.2) is 19.1 Å². The highest BCUT2D eigenvalue weighted by Crippen LogP contribution is 2.44. The van der Waals surface area contributed by atoms with Crippen LogP contribution in [0.5, 0.6) is 0 Å². The van der Waals surface area contributed by atoms with Crippen LogP contribution in [0.1, 0.15) is 41.5 Å². The Balaban J connectivity index is 1.10. The zero-order chi connectivity index (χ0) is 42.8. The molecule has 6 nitrogen and oxygen atoms in total. The van der Waals surface area contributed by atoms with Crippen molar-refractivity contribution in [2.45, 2.75) is 52.6 Å². The van der Waals surface area contributed by atoms with E-state index in [-0.39, 0.29) is 11.1 Å². The third-order valence-corrected chi connectivity index (χ3v) is 11.3. The highest BCUT2D eigenvalue weighted by molar-refractivity contribution is 5.82. The molecule has 0 aliphatic heterocycles. The molecule has 4 aromatic heterocycles. The van der Waals surface area contributed by atoms with Gasteiger partial charge in [0.1, 0.15) is 11.6 Å². The van der Waals surface area contributed by atoms with Crippen molar-refractivity contribution in [1.82, 2.24) is 19.1 Å². The molecular formula is C56H52N6. The number of aromatic nitrogens is 4. The average Bonchev–Trinajstić information content (AvgIpc) is 3.95. The molecule has 0 saturated heterocycles. The highest BCUT2D eigenvalue weighted by atomic mass is 15.3. The van der Waals surface area contributed by atoms with E-state index in [0.717, 1.165) is 56.9 Å². The van der Waals surface area contributed by atoms with Gasteiger partial charge in [0.05, 0.1) is 35.2 Å². The van der Waals surface area contributed by atoms with E-state index in [1.807, 2.05) is 36.9 Å². The van der Waals surface area contributed by atoms with E-state index in [0.29, 0.717) is 0 Å². The van der Waals surface area contributed by atoms with Crippen LogP contribution < -0.4 is 9.80 Å². The second kappa shape index (κ2) is 16.5. The van der Waals surface area contributed by atoms with Crippen molar-refractivity contribution in [3.05, 3.63) is 207 Å². The number of pyridine rings is 2. The second-order valence-electron chi connectivity index (χ2n) is 17.7. The minimum atomic E-state index is -0.248. The van der Waals surface area contributed by atoms with Gasteiger partial charge in [0.2, 0.25) is 0 Å². The Hall–Kier alpha value is -7.44. The molecule has 0 fully saturated rings. The number of hydrogen-bond acceptors (Lipinski definition) is 4. The van der Waals surface area contributed by atoms with Crippen LogP contribution in [0.15, 0.2) is 207 Å². The van der Waals surface area contributed by atoms with Crippen LogP contribution >= 0.6 is 0 Å². The monoisotopic (exact) mass is 808 g/mol. The Kier molecular flexibility index (Phi) is 10.7. The molecule has 0 radical (unpaired) electrons. The SMILES string of the molecule is CC(C)(C)n1c(-c2ccc(-c3ccc(N(c4ccc(-c5ccccc5)cc4)c4cccnc4)n3C(C)(C)C)cc2)ccc1N(c1ccc(-c2ccccc2)cc1)c1cccnc1. The molecular weight excluding hydrogens is 757 g/mol. The molecule has 306 valence electrons. The van der Waals surface area contributed by atoms with E-state index in [9.17, 15) is 0 Å². The number of hydrogen-bond donors (Lipinski definition) is 0. The fraction of sp³-hybridized carbons (Fsp3) is 0.143. The van der Waals surface area contributed by atoms with Crippen molar-refractivity contribution in [3.8, 4) is 44.8 Å². The van der Waals surface area contributed by atoms with Gasteiger partial charge < -0.3 is 9.13 Å². The third-order valence-electron chi connectivity index (χ3n) is 11.3. The summed E-state index contributed by atoms with van der Waals surface area (Å²) in [5.74, 6) is 2.13. The summed E-state index contributed by atoms with van der Waals surface area (Å²) in [5, 5.41) is 0. The van der Waals surface area contributed by atoms with Crippen LogP contribution in [0.25, 0.3) is 44.8 Å². The van der Waals surface area contributed by atoms with Crippen LogP contribution in [0.3, 0.4) is 0 Å². The van der Waals surface area contributed by atoms with Crippen molar-refractivity contribution < 1.29 is 0 Å². The average molecular weight is 809 g/mol. The molecule has 62 heavy (non-hydrogen) atoms. The number of anilines is 6. The summed E-state index contributed by atoms with van der Waals surface area (Å²) in [7, 11) is 0. The first-order chi connectivity index (χ1) is 30.0. The van der Waals surface area contributed by atoms with E-state index in [4.69, 9.17) is 0 Å². The molecule has 9 aromatic rings. The van der Waals surface area contributed by atoms with Crippen molar-refractivity contribution >= 4 is 34.4 Å². The molecule has 0 aliphatic carbocycles. The zero-order valence-corrected chi connectivity index (χ0v) is 36.3. The predicted octanol–water partition coefficient (Wildman–Crippen LogP) is 15.2. The Morgan fingerprint density at radius 1 is 0.323 bits per heavy atom. The molecule has 4 heterocycles. The van der Waals surface area contributed by atoms with Gasteiger partial charge in [-0.05, 0) is 148 Å². The van der Waals surface area contributed by atoms with Gasteiger partial charge in [0.25, 0.3) is 0 Å². The fourth-order valence-corrected chi connectivity index (χ4v) is 8.54. The molecule has 0 N–H and O–H groups in total. The first-order valence-corrected chi connectivity index (χ1v) is 21.3.